The average molecular weight is 248 g/mol. The van der Waals surface area contributed by atoms with Crippen LogP contribution in [0.5, 0.6) is 0 Å². The second-order valence-electron chi connectivity index (χ2n) is 6.75. The third kappa shape index (κ3) is 1.04. The number of hydrogen-bond acceptors (Lipinski definition) is 3. The molecule has 0 aromatic heterocycles. The van der Waals surface area contributed by atoms with Crippen LogP contribution in [0.25, 0.3) is 0 Å². The summed E-state index contributed by atoms with van der Waals surface area (Å²) in [6, 6.07) is 0. The third-order valence-electron chi connectivity index (χ3n) is 5.95. The Bertz CT molecular complexity index is 468. The zero-order valence-electron chi connectivity index (χ0n) is 11.2. The van der Waals surface area contributed by atoms with Gasteiger partial charge in [0.1, 0.15) is 11.7 Å². The van der Waals surface area contributed by atoms with Crippen molar-refractivity contribution < 1.29 is 14.3 Å². The van der Waals surface area contributed by atoms with Crippen LogP contribution >= 0.6 is 0 Å². The number of fused-ring (bicyclic) bond motifs is 2. The summed E-state index contributed by atoms with van der Waals surface area (Å²) in [6.45, 7) is 6.43. The quantitative estimate of drug-likeness (QED) is 0.375. The molecule has 4 rings (SSSR count). The molecule has 2 aliphatic heterocycles. The highest BCUT2D eigenvalue weighted by atomic mass is 16.6. The van der Waals surface area contributed by atoms with Gasteiger partial charge in [0.2, 0.25) is 0 Å². The van der Waals surface area contributed by atoms with E-state index in [0.29, 0.717) is 11.8 Å². The van der Waals surface area contributed by atoms with Gasteiger partial charge in [-0.25, -0.2) is 0 Å². The lowest BCUT2D eigenvalue weighted by atomic mass is 9.77. The van der Waals surface area contributed by atoms with Gasteiger partial charge in [0.25, 0.3) is 0 Å². The van der Waals surface area contributed by atoms with Gasteiger partial charge in [-0.1, -0.05) is 18.6 Å². The number of epoxide rings is 1. The summed E-state index contributed by atoms with van der Waals surface area (Å²) in [5.41, 5.74) is 1.32. The van der Waals surface area contributed by atoms with Gasteiger partial charge in [0.05, 0.1) is 11.5 Å². The molecule has 0 aromatic rings. The standard InChI is InChI=1S/C15H20O3/c1-8-4-7-15-11(8)12-10(9(2)13(16)17-12)5-6-14(15,3)18-15/h4,9-12H,5-7H2,1-3H3/t9-,10+,11-,12+,14-,15+/m1/s1. The highest BCUT2D eigenvalue weighted by Gasteiger charge is 2.75. The Morgan fingerprint density at radius 2 is 2.22 bits per heavy atom. The highest BCUT2D eigenvalue weighted by Crippen LogP contribution is 2.67. The second-order valence-corrected chi connectivity index (χ2v) is 6.75. The van der Waals surface area contributed by atoms with Crippen LogP contribution in [-0.4, -0.2) is 23.3 Å². The Balaban J connectivity index is 1.78. The van der Waals surface area contributed by atoms with E-state index in [0.717, 1.165) is 19.3 Å². The Kier molecular flexibility index (Phi) is 1.84. The molecule has 4 aliphatic rings. The normalized spacial score (nSPS) is 57.1. The first kappa shape index (κ1) is 11.0. The first-order valence-electron chi connectivity index (χ1n) is 7.06. The second kappa shape index (κ2) is 3.01. The lowest BCUT2D eigenvalue weighted by Gasteiger charge is -2.27. The van der Waals surface area contributed by atoms with E-state index in [1.807, 2.05) is 6.92 Å². The molecule has 3 heteroatoms. The van der Waals surface area contributed by atoms with Crippen molar-refractivity contribution in [1.29, 1.82) is 0 Å². The zero-order valence-corrected chi connectivity index (χ0v) is 11.2. The maximum Gasteiger partial charge on any atom is 0.309 e. The smallest absolute Gasteiger partial charge is 0.309 e. The Hall–Kier alpha value is -0.830. The maximum absolute atomic E-state index is 11.9. The molecule has 2 saturated heterocycles. The molecule has 2 aliphatic carbocycles. The fraction of sp³-hybridized carbons (Fsp3) is 0.800. The number of hydrogen-bond donors (Lipinski definition) is 0. The first-order valence-corrected chi connectivity index (χ1v) is 7.06. The SMILES string of the molecule is CC1=CC[C@@]23O[C@]2(C)CC[C@@H]2[C@H](OC(=O)[C@@H]2C)[C@@H]13. The van der Waals surface area contributed by atoms with Gasteiger partial charge in [-0.05, 0) is 33.1 Å². The van der Waals surface area contributed by atoms with Crippen LogP contribution in [0.1, 0.15) is 40.0 Å². The topological polar surface area (TPSA) is 38.8 Å². The van der Waals surface area contributed by atoms with Crippen LogP contribution in [0.2, 0.25) is 0 Å². The Morgan fingerprint density at radius 1 is 1.44 bits per heavy atom. The molecule has 0 unspecified atom stereocenters. The van der Waals surface area contributed by atoms with E-state index in [4.69, 9.17) is 9.47 Å². The maximum atomic E-state index is 11.9. The minimum absolute atomic E-state index is 0.0101. The molecule has 1 saturated carbocycles. The van der Waals surface area contributed by atoms with E-state index in [2.05, 4.69) is 19.9 Å². The van der Waals surface area contributed by atoms with E-state index in [1.165, 1.54) is 5.57 Å². The van der Waals surface area contributed by atoms with Crippen molar-refractivity contribution in [1.82, 2.24) is 0 Å². The van der Waals surface area contributed by atoms with Crippen molar-refractivity contribution in [3.63, 3.8) is 0 Å². The minimum Gasteiger partial charge on any atom is -0.461 e. The van der Waals surface area contributed by atoms with Crippen molar-refractivity contribution in [3.05, 3.63) is 11.6 Å². The molecule has 0 N–H and O–H groups in total. The molecule has 0 bridgehead atoms. The van der Waals surface area contributed by atoms with E-state index in [1.54, 1.807) is 0 Å². The molecule has 0 aromatic carbocycles. The summed E-state index contributed by atoms with van der Waals surface area (Å²) in [5, 5.41) is 0. The van der Waals surface area contributed by atoms with Gasteiger partial charge in [-0.2, -0.15) is 0 Å². The minimum atomic E-state index is -0.0547. The molecular weight excluding hydrogens is 228 g/mol. The Labute approximate surface area is 108 Å². The monoisotopic (exact) mass is 248 g/mol. The van der Waals surface area contributed by atoms with Crippen LogP contribution in [0.4, 0.5) is 0 Å². The summed E-state index contributed by atoms with van der Waals surface area (Å²) >= 11 is 0. The summed E-state index contributed by atoms with van der Waals surface area (Å²) in [6.07, 6.45) is 5.45. The van der Waals surface area contributed by atoms with E-state index >= 15 is 0 Å². The van der Waals surface area contributed by atoms with E-state index < -0.39 is 0 Å². The molecule has 98 valence electrons. The van der Waals surface area contributed by atoms with Crippen molar-refractivity contribution in [2.24, 2.45) is 17.8 Å². The molecule has 3 fully saturated rings. The molecule has 0 amide bonds. The lowest BCUT2D eigenvalue weighted by molar-refractivity contribution is -0.145. The summed E-state index contributed by atoms with van der Waals surface area (Å²) in [5.74, 6) is 0.726. The summed E-state index contributed by atoms with van der Waals surface area (Å²) in [4.78, 5) is 11.9. The van der Waals surface area contributed by atoms with Crippen LogP contribution in [0.3, 0.4) is 0 Å². The van der Waals surface area contributed by atoms with Crippen LogP contribution < -0.4 is 0 Å². The zero-order chi connectivity index (χ0) is 12.7. The van der Waals surface area contributed by atoms with Gasteiger partial charge >= 0.3 is 5.97 Å². The fourth-order valence-electron chi connectivity index (χ4n) is 4.71. The average Bonchev–Trinajstić information content (AvgIpc) is 2.65. The van der Waals surface area contributed by atoms with Gasteiger partial charge in [0, 0.05) is 11.8 Å². The Morgan fingerprint density at radius 3 is 3.00 bits per heavy atom. The molecule has 1 spiro atoms. The van der Waals surface area contributed by atoms with Crippen molar-refractivity contribution >= 4 is 5.97 Å². The van der Waals surface area contributed by atoms with Crippen molar-refractivity contribution in [3.8, 4) is 0 Å². The van der Waals surface area contributed by atoms with Gasteiger partial charge in [-0.3, -0.25) is 4.79 Å². The first-order chi connectivity index (χ1) is 8.48. The molecule has 3 nitrogen and oxygen atoms in total. The van der Waals surface area contributed by atoms with Gasteiger partial charge in [0.15, 0.2) is 0 Å². The van der Waals surface area contributed by atoms with Crippen LogP contribution in [0, 0.1) is 17.8 Å². The third-order valence-corrected chi connectivity index (χ3v) is 5.95. The molecule has 6 atom stereocenters. The predicted molar refractivity (Wildman–Crippen MR) is 65.9 cm³/mol. The number of carbonyl (C=O) groups is 1. The lowest BCUT2D eigenvalue weighted by Crippen LogP contribution is -2.37. The van der Waals surface area contributed by atoms with Gasteiger partial charge in [-0.15, -0.1) is 0 Å². The molecule has 18 heavy (non-hydrogen) atoms. The fourth-order valence-corrected chi connectivity index (χ4v) is 4.71. The summed E-state index contributed by atoms with van der Waals surface area (Å²) in [7, 11) is 0. The van der Waals surface area contributed by atoms with Gasteiger partial charge < -0.3 is 9.47 Å². The highest BCUT2D eigenvalue weighted by molar-refractivity contribution is 5.75. The molecule has 0 radical (unpaired) electrons. The van der Waals surface area contributed by atoms with E-state index in [9.17, 15) is 4.79 Å². The van der Waals surface area contributed by atoms with Crippen LogP contribution in [-0.2, 0) is 14.3 Å². The number of ether oxygens (including phenoxy) is 2. The number of esters is 1. The van der Waals surface area contributed by atoms with Crippen molar-refractivity contribution in [2.75, 3.05) is 0 Å². The number of rotatable bonds is 0. The molecule has 2 heterocycles. The summed E-state index contributed by atoms with van der Waals surface area (Å²) < 4.78 is 11.9. The number of carbonyl (C=O) groups excluding carboxylic acids is 1. The van der Waals surface area contributed by atoms with E-state index in [-0.39, 0.29) is 29.2 Å². The van der Waals surface area contributed by atoms with Crippen molar-refractivity contribution in [2.45, 2.75) is 57.3 Å². The molecular formula is C15H20O3. The predicted octanol–water partition coefficient (Wildman–Crippen LogP) is 2.45. The largest absolute Gasteiger partial charge is 0.461 e. The van der Waals surface area contributed by atoms with Crippen LogP contribution in [0.15, 0.2) is 11.6 Å².